The van der Waals surface area contributed by atoms with Gasteiger partial charge in [-0.2, -0.15) is 0 Å². The normalized spacial score (nSPS) is 10.0. The Labute approximate surface area is 79.7 Å². The first kappa shape index (κ1) is 10.0. The van der Waals surface area contributed by atoms with Crippen LogP contribution in [-0.2, 0) is 0 Å². The van der Waals surface area contributed by atoms with Crippen molar-refractivity contribution in [3.05, 3.63) is 40.5 Å². The Morgan fingerprint density at radius 3 is 2.77 bits per heavy atom. The minimum Gasteiger partial charge on any atom is -0.385 e. The van der Waals surface area contributed by atoms with Crippen LogP contribution < -0.4 is 0 Å². The molecular formula is C8H8NO3S. The van der Waals surface area contributed by atoms with Crippen LogP contribution in [0, 0.1) is 16.7 Å². The maximum absolute atomic E-state index is 10.4. The predicted molar refractivity (Wildman–Crippen MR) is 50.2 cm³/mol. The fourth-order valence-corrected chi connectivity index (χ4v) is 1.49. The van der Waals surface area contributed by atoms with Crippen molar-refractivity contribution in [1.29, 1.82) is 0 Å². The van der Waals surface area contributed by atoms with E-state index in [1.807, 2.05) is 6.26 Å². The van der Waals surface area contributed by atoms with E-state index in [9.17, 15) is 10.1 Å². The zero-order valence-corrected chi connectivity index (χ0v) is 7.75. The summed E-state index contributed by atoms with van der Waals surface area (Å²) in [6, 6.07) is 4.37. The summed E-state index contributed by atoms with van der Waals surface area (Å²) in [4.78, 5) is 10.7. The quantitative estimate of drug-likeness (QED) is 0.459. The zero-order chi connectivity index (χ0) is 9.84. The molecule has 1 rings (SSSR count). The molecule has 0 saturated heterocycles. The SMILES string of the molecule is CSc1ccc([N+](=O)[O-])cc1[CH]O. The predicted octanol–water partition coefficient (Wildman–Crippen LogP) is 2.20. The van der Waals surface area contributed by atoms with Crippen molar-refractivity contribution in [1.82, 2.24) is 0 Å². The summed E-state index contributed by atoms with van der Waals surface area (Å²) < 4.78 is 0. The van der Waals surface area contributed by atoms with E-state index in [1.54, 1.807) is 6.07 Å². The molecule has 1 radical (unpaired) electrons. The third-order valence-corrected chi connectivity index (χ3v) is 2.37. The van der Waals surface area contributed by atoms with Crippen molar-refractivity contribution in [2.75, 3.05) is 6.26 Å². The summed E-state index contributed by atoms with van der Waals surface area (Å²) in [5, 5.41) is 19.2. The highest BCUT2D eigenvalue weighted by atomic mass is 32.2. The zero-order valence-electron chi connectivity index (χ0n) is 6.93. The first-order valence-corrected chi connectivity index (χ1v) is 4.71. The Hall–Kier alpha value is -1.07. The Morgan fingerprint density at radius 1 is 1.62 bits per heavy atom. The van der Waals surface area contributed by atoms with E-state index in [0.29, 0.717) is 5.56 Å². The highest BCUT2D eigenvalue weighted by molar-refractivity contribution is 7.98. The molecule has 0 aliphatic heterocycles. The second kappa shape index (κ2) is 4.25. The average Bonchev–Trinajstić information content (AvgIpc) is 2.16. The molecule has 1 aromatic carbocycles. The van der Waals surface area contributed by atoms with Crippen molar-refractivity contribution in [2.24, 2.45) is 0 Å². The largest absolute Gasteiger partial charge is 0.385 e. The van der Waals surface area contributed by atoms with Crippen molar-refractivity contribution >= 4 is 17.4 Å². The van der Waals surface area contributed by atoms with Gasteiger partial charge in [0.1, 0.15) is 6.61 Å². The van der Waals surface area contributed by atoms with E-state index in [-0.39, 0.29) is 5.69 Å². The number of rotatable bonds is 3. The standard InChI is InChI=1S/C8H8NO3S/c1-13-8-3-2-7(9(11)12)4-6(8)5-10/h2-5,10H,1H3. The molecule has 0 saturated carbocycles. The Kier molecular flexibility index (Phi) is 3.27. The van der Waals surface area contributed by atoms with Gasteiger partial charge >= 0.3 is 0 Å². The molecule has 1 aromatic rings. The van der Waals surface area contributed by atoms with Crippen molar-refractivity contribution < 1.29 is 10.0 Å². The minimum absolute atomic E-state index is 0.0156. The molecule has 0 spiro atoms. The van der Waals surface area contributed by atoms with E-state index in [1.165, 1.54) is 23.9 Å². The molecule has 0 amide bonds. The minimum atomic E-state index is -0.489. The second-order valence-electron chi connectivity index (χ2n) is 2.31. The third kappa shape index (κ3) is 2.19. The molecule has 0 fully saturated rings. The van der Waals surface area contributed by atoms with Crippen molar-refractivity contribution in [3.8, 4) is 0 Å². The van der Waals surface area contributed by atoms with Crippen LogP contribution in [0.15, 0.2) is 23.1 Å². The Bertz CT molecular complexity index is 327. The summed E-state index contributed by atoms with van der Waals surface area (Å²) >= 11 is 1.43. The molecular weight excluding hydrogens is 190 g/mol. The molecule has 13 heavy (non-hydrogen) atoms. The van der Waals surface area contributed by atoms with Crippen molar-refractivity contribution in [2.45, 2.75) is 4.90 Å². The van der Waals surface area contributed by atoms with E-state index in [4.69, 9.17) is 5.11 Å². The van der Waals surface area contributed by atoms with Gasteiger partial charge in [-0.3, -0.25) is 10.1 Å². The van der Waals surface area contributed by atoms with Gasteiger partial charge in [0, 0.05) is 22.6 Å². The number of aliphatic hydroxyl groups is 1. The summed E-state index contributed by atoms with van der Waals surface area (Å²) in [7, 11) is 0. The van der Waals surface area contributed by atoms with E-state index in [2.05, 4.69) is 0 Å². The lowest BCUT2D eigenvalue weighted by molar-refractivity contribution is -0.385. The molecule has 69 valence electrons. The number of aliphatic hydroxyl groups excluding tert-OH is 1. The molecule has 4 nitrogen and oxygen atoms in total. The van der Waals surface area contributed by atoms with Gasteiger partial charge in [0.25, 0.3) is 5.69 Å². The molecule has 0 aromatic heterocycles. The molecule has 0 heterocycles. The highest BCUT2D eigenvalue weighted by Crippen LogP contribution is 2.25. The number of nitrogens with zero attached hydrogens (tertiary/aromatic N) is 1. The number of benzene rings is 1. The molecule has 1 N–H and O–H groups in total. The van der Waals surface area contributed by atoms with Gasteiger partial charge in [-0.1, -0.05) is 0 Å². The van der Waals surface area contributed by atoms with Crippen LogP contribution >= 0.6 is 11.8 Å². The maximum Gasteiger partial charge on any atom is 0.269 e. The number of hydrogen-bond acceptors (Lipinski definition) is 4. The van der Waals surface area contributed by atoms with E-state index < -0.39 is 4.92 Å². The van der Waals surface area contributed by atoms with E-state index in [0.717, 1.165) is 11.5 Å². The molecule has 0 unspecified atom stereocenters. The van der Waals surface area contributed by atoms with E-state index >= 15 is 0 Å². The van der Waals surface area contributed by atoms with Gasteiger partial charge in [-0.25, -0.2) is 0 Å². The monoisotopic (exact) mass is 198 g/mol. The lowest BCUT2D eigenvalue weighted by Crippen LogP contribution is -1.91. The van der Waals surface area contributed by atoms with Gasteiger partial charge in [0.15, 0.2) is 0 Å². The third-order valence-electron chi connectivity index (χ3n) is 1.56. The highest BCUT2D eigenvalue weighted by Gasteiger charge is 2.09. The first-order valence-electron chi connectivity index (χ1n) is 3.49. The summed E-state index contributed by atoms with van der Waals surface area (Å²) in [6.07, 6.45) is 1.84. The molecule has 0 bridgehead atoms. The molecule has 5 heteroatoms. The summed E-state index contributed by atoms with van der Waals surface area (Å²) in [6.45, 7) is 0.874. The van der Waals surface area contributed by atoms with Crippen LogP contribution in [0.2, 0.25) is 0 Å². The molecule has 0 atom stereocenters. The van der Waals surface area contributed by atoms with Crippen LogP contribution in [0.5, 0.6) is 0 Å². The fourth-order valence-electron chi connectivity index (χ4n) is 0.936. The molecule has 0 aliphatic rings. The van der Waals surface area contributed by atoms with Gasteiger partial charge < -0.3 is 5.11 Å². The Balaban J connectivity index is 3.13. The lowest BCUT2D eigenvalue weighted by atomic mass is 10.2. The summed E-state index contributed by atoms with van der Waals surface area (Å²) in [5.74, 6) is 0. The van der Waals surface area contributed by atoms with Gasteiger partial charge in [-0.15, -0.1) is 11.8 Å². The number of non-ortho nitro benzene ring substituents is 1. The van der Waals surface area contributed by atoms with Crippen LogP contribution in [-0.4, -0.2) is 16.3 Å². The molecule has 0 aliphatic carbocycles. The van der Waals surface area contributed by atoms with Crippen LogP contribution in [0.25, 0.3) is 0 Å². The maximum atomic E-state index is 10.4. The first-order chi connectivity index (χ1) is 6.19. The number of nitro benzene ring substituents is 1. The van der Waals surface area contributed by atoms with Gasteiger partial charge in [-0.05, 0) is 12.3 Å². The smallest absolute Gasteiger partial charge is 0.269 e. The van der Waals surface area contributed by atoms with Crippen LogP contribution in [0.1, 0.15) is 5.56 Å². The number of nitro groups is 1. The Morgan fingerprint density at radius 2 is 2.31 bits per heavy atom. The number of hydrogen-bond donors (Lipinski definition) is 1. The van der Waals surface area contributed by atoms with Crippen LogP contribution in [0.4, 0.5) is 5.69 Å². The lowest BCUT2D eigenvalue weighted by Gasteiger charge is -2.02. The fraction of sp³-hybridized carbons (Fsp3) is 0.125. The van der Waals surface area contributed by atoms with Crippen molar-refractivity contribution in [3.63, 3.8) is 0 Å². The topological polar surface area (TPSA) is 63.4 Å². The van der Waals surface area contributed by atoms with Gasteiger partial charge in [0.05, 0.1) is 4.92 Å². The summed E-state index contributed by atoms with van der Waals surface area (Å²) in [5.41, 5.74) is 0.458. The number of thioether (sulfide) groups is 1. The van der Waals surface area contributed by atoms with Crippen LogP contribution in [0.3, 0.4) is 0 Å². The van der Waals surface area contributed by atoms with Gasteiger partial charge in [0.2, 0.25) is 0 Å². The second-order valence-corrected chi connectivity index (χ2v) is 3.16. The average molecular weight is 198 g/mol.